The predicted molar refractivity (Wildman–Crippen MR) is 61.1 cm³/mol. The molecule has 0 atom stereocenters. The van der Waals surface area contributed by atoms with Crippen LogP contribution in [0.1, 0.15) is 9.67 Å². The van der Waals surface area contributed by atoms with E-state index < -0.39 is 5.97 Å². The molecule has 0 amide bonds. The van der Waals surface area contributed by atoms with Gasteiger partial charge >= 0.3 is 5.97 Å². The number of methoxy groups -OCH3 is 1. The molecule has 0 spiro atoms. The summed E-state index contributed by atoms with van der Waals surface area (Å²) in [4.78, 5) is 11.9. The smallest absolute Gasteiger partial charge is 0.348 e. The standard InChI is InChI=1S/C12H9FO2S/c1-15-12(14)11-9(6-7-16-11)8-4-2-3-5-10(8)13/h2-7H,1H3. The first-order valence-corrected chi connectivity index (χ1v) is 5.52. The number of ether oxygens (including phenoxy) is 1. The molecule has 0 saturated heterocycles. The summed E-state index contributed by atoms with van der Waals surface area (Å²) in [6, 6.07) is 8.08. The molecule has 2 rings (SSSR count). The Morgan fingerprint density at radius 1 is 1.25 bits per heavy atom. The highest BCUT2D eigenvalue weighted by Gasteiger charge is 2.16. The van der Waals surface area contributed by atoms with Crippen LogP contribution in [0.4, 0.5) is 4.39 Å². The van der Waals surface area contributed by atoms with Gasteiger partial charge in [-0.1, -0.05) is 18.2 Å². The number of hydrogen-bond donors (Lipinski definition) is 0. The third-order valence-corrected chi connectivity index (χ3v) is 3.09. The van der Waals surface area contributed by atoms with Gasteiger partial charge in [0, 0.05) is 11.1 Å². The lowest BCUT2D eigenvalue weighted by Gasteiger charge is -2.03. The van der Waals surface area contributed by atoms with Crippen molar-refractivity contribution in [2.45, 2.75) is 0 Å². The highest BCUT2D eigenvalue weighted by molar-refractivity contribution is 7.12. The Kier molecular flexibility index (Phi) is 3.01. The zero-order chi connectivity index (χ0) is 11.5. The molecule has 0 aliphatic carbocycles. The summed E-state index contributed by atoms with van der Waals surface area (Å²) in [7, 11) is 1.31. The van der Waals surface area contributed by atoms with E-state index in [-0.39, 0.29) is 5.82 Å². The largest absolute Gasteiger partial charge is 0.465 e. The number of rotatable bonds is 2. The van der Waals surface area contributed by atoms with Crippen LogP contribution in [-0.4, -0.2) is 13.1 Å². The van der Waals surface area contributed by atoms with Crippen molar-refractivity contribution in [3.63, 3.8) is 0 Å². The van der Waals surface area contributed by atoms with Crippen molar-refractivity contribution >= 4 is 17.3 Å². The van der Waals surface area contributed by atoms with E-state index in [0.29, 0.717) is 16.0 Å². The molecule has 1 aromatic carbocycles. The fourth-order valence-electron chi connectivity index (χ4n) is 1.45. The van der Waals surface area contributed by atoms with Crippen LogP contribution in [0.5, 0.6) is 0 Å². The van der Waals surface area contributed by atoms with Gasteiger partial charge in [-0.25, -0.2) is 9.18 Å². The lowest BCUT2D eigenvalue weighted by molar-refractivity contribution is 0.0607. The molecule has 0 aliphatic heterocycles. The van der Waals surface area contributed by atoms with Gasteiger partial charge in [0.15, 0.2) is 0 Å². The van der Waals surface area contributed by atoms with Crippen LogP contribution in [0.3, 0.4) is 0 Å². The van der Waals surface area contributed by atoms with Crippen molar-refractivity contribution in [3.8, 4) is 11.1 Å². The number of carbonyl (C=O) groups excluding carboxylic acids is 1. The van der Waals surface area contributed by atoms with Crippen molar-refractivity contribution in [2.24, 2.45) is 0 Å². The minimum absolute atomic E-state index is 0.342. The summed E-state index contributed by atoms with van der Waals surface area (Å²) in [5.41, 5.74) is 0.999. The summed E-state index contributed by atoms with van der Waals surface area (Å²) < 4.78 is 18.2. The maximum atomic E-state index is 13.6. The lowest BCUT2D eigenvalue weighted by atomic mass is 10.1. The number of thiophene rings is 1. The zero-order valence-electron chi connectivity index (χ0n) is 8.57. The van der Waals surface area contributed by atoms with Gasteiger partial charge in [0.05, 0.1) is 7.11 Å². The van der Waals surface area contributed by atoms with E-state index in [4.69, 9.17) is 0 Å². The zero-order valence-corrected chi connectivity index (χ0v) is 9.38. The van der Waals surface area contributed by atoms with Crippen LogP contribution in [0.15, 0.2) is 35.7 Å². The Morgan fingerprint density at radius 2 is 2.00 bits per heavy atom. The third-order valence-electron chi connectivity index (χ3n) is 2.20. The molecule has 0 N–H and O–H groups in total. The molecule has 16 heavy (non-hydrogen) atoms. The molecule has 0 aliphatic rings. The van der Waals surface area contributed by atoms with E-state index in [1.54, 1.807) is 29.6 Å². The van der Waals surface area contributed by atoms with Crippen molar-refractivity contribution in [3.05, 3.63) is 46.4 Å². The van der Waals surface area contributed by atoms with E-state index >= 15 is 0 Å². The monoisotopic (exact) mass is 236 g/mol. The molecule has 1 aromatic heterocycles. The van der Waals surface area contributed by atoms with Gasteiger partial charge in [0.25, 0.3) is 0 Å². The molecular weight excluding hydrogens is 227 g/mol. The van der Waals surface area contributed by atoms with Crippen LogP contribution in [0.25, 0.3) is 11.1 Å². The second-order valence-corrected chi connectivity index (χ2v) is 4.05. The Hall–Kier alpha value is -1.68. The average molecular weight is 236 g/mol. The molecular formula is C12H9FO2S. The Morgan fingerprint density at radius 3 is 2.69 bits per heavy atom. The first-order chi connectivity index (χ1) is 7.74. The second kappa shape index (κ2) is 4.45. The van der Waals surface area contributed by atoms with Gasteiger partial charge in [-0.2, -0.15) is 0 Å². The number of hydrogen-bond acceptors (Lipinski definition) is 3. The van der Waals surface area contributed by atoms with Gasteiger partial charge in [0.1, 0.15) is 10.7 Å². The number of halogens is 1. The Balaban J connectivity index is 2.53. The van der Waals surface area contributed by atoms with E-state index in [0.717, 1.165) is 0 Å². The molecule has 4 heteroatoms. The molecule has 0 unspecified atom stereocenters. The summed E-state index contributed by atoms with van der Waals surface area (Å²) in [5, 5.41) is 1.74. The summed E-state index contributed by atoms with van der Waals surface area (Å²) in [6.07, 6.45) is 0. The predicted octanol–water partition coefficient (Wildman–Crippen LogP) is 3.34. The first kappa shape index (κ1) is 10.8. The highest BCUT2D eigenvalue weighted by atomic mass is 32.1. The molecule has 82 valence electrons. The van der Waals surface area contributed by atoms with Crippen LogP contribution in [0, 0.1) is 5.82 Å². The van der Waals surface area contributed by atoms with E-state index in [1.807, 2.05) is 0 Å². The van der Waals surface area contributed by atoms with Crippen molar-refractivity contribution < 1.29 is 13.9 Å². The normalized spacial score (nSPS) is 10.1. The second-order valence-electron chi connectivity index (χ2n) is 3.13. The number of benzene rings is 1. The lowest BCUT2D eigenvalue weighted by Crippen LogP contribution is -2.00. The fourth-order valence-corrected chi connectivity index (χ4v) is 2.28. The highest BCUT2D eigenvalue weighted by Crippen LogP contribution is 2.30. The molecule has 0 fully saturated rings. The maximum Gasteiger partial charge on any atom is 0.348 e. The summed E-state index contributed by atoms with van der Waals surface area (Å²) >= 11 is 1.24. The summed E-state index contributed by atoms with van der Waals surface area (Å²) in [6.45, 7) is 0. The van der Waals surface area contributed by atoms with Gasteiger partial charge in [-0.15, -0.1) is 11.3 Å². The van der Waals surface area contributed by atoms with Crippen molar-refractivity contribution in [1.82, 2.24) is 0 Å². The SMILES string of the molecule is COC(=O)c1sccc1-c1ccccc1F. The van der Waals surface area contributed by atoms with Crippen LogP contribution in [-0.2, 0) is 4.74 Å². The molecule has 1 heterocycles. The molecule has 0 saturated carbocycles. The van der Waals surface area contributed by atoms with E-state index in [9.17, 15) is 9.18 Å². The molecule has 0 radical (unpaired) electrons. The van der Waals surface area contributed by atoms with Gasteiger partial charge in [0.2, 0.25) is 0 Å². The third kappa shape index (κ3) is 1.84. The van der Waals surface area contributed by atoms with E-state index in [2.05, 4.69) is 4.74 Å². The van der Waals surface area contributed by atoms with Crippen LogP contribution >= 0.6 is 11.3 Å². The molecule has 0 bridgehead atoms. The van der Waals surface area contributed by atoms with Gasteiger partial charge in [-0.05, 0) is 17.5 Å². The minimum Gasteiger partial charge on any atom is -0.465 e. The van der Waals surface area contributed by atoms with Crippen molar-refractivity contribution in [1.29, 1.82) is 0 Å². The topological polar surface area (TPSA) is 26.3 Å². The quantitative estimate of drug-likeness (QED) is 0.747. The summed E-state index contributed by atoms with van der Waals surface area (Å²) in [5.74, 6) is -0.778. The van der Waals surface area contributed by atoms with Gasteiger partial charge in [-0.3, -0.25) is 0 Å². The number of carbonyl (C=O) groups is 1. The first-order valence-electron chi connectivity index (χ1n) is 4.64. The van der Waals surface area contributed by atoms with E-state index in [1.165, 1.54) is 24.5 Å². The molecule has 2 aromatic rings. The minimum atomic E-state index is -0.437. The number of esters is 1. The average Bonchev–Trinajstić information content (AvgIpc) is 2.77. The molecule has 2 nitrogen and oxygen atoms in total. The Bertz CT molecular complexity index is 519. The maximum absolute atomic E-state index is 13.6. The van der Waals surface area contributed by atoms with Crippen LogP contribution < -0.4 is 0 Å². The van der Waals surface area contributed by atoms with Crippen LogP contribution in [0.2, 0.25) is 0 Å². The fraction of sp³-hybridized carbons (Fsp3) is 0.0833. The van der Waals surface area contributed by atoms with Crippen molar-refractivity contribution in [2.75, 3.05) is 7.11 Å². The Labute approximate surface area is 96.3 Å². The van der Waals surface area contributed by atoms with Gasteiger partial charge < -0.3 is 4.74 Å².